The molecule has 2 heterocycles. The monoisotopic (exact) mass is 971 g/mol. The molecule has 1 fully saturated rings. The Morgan fingerprint density at radius 1 is 0.643 bits per heavy atom. The number of esters is 1. The fourth-order valence-corrected chi connectivity index (χ4v) is 8.85. The van der Waals surface area contributed by atoms with E-state index in [1.54, 1.807) is 12.1 Å². The molecule has 16 nitrogen and oxygen atoms in total. The number of nitrogens with one attached hydrogen (secondary N) is 3. The van der Waals surface area contributed by atoms with Crippen LogP contribution in [0.2, 0.25) is 0 Å². The number of halogens is 1. The largest absolute Gasteiger partial charge is 0.451 e. The Kier molecular flexibility index (Phi) is 20.5. The number of cyclic esters (lactones) is 1. The molecule has 0 saturated carbocycles. The quantitative estimate of drug-likeness (QED) is 0.169. The van der Waals surface area contributed by atoms with Gasteiger partial charge in [-0.05, 0) is 85.6 Å². The zero-order valence-corrected chi connectivity index (χ0v) is 43.1. The van der Waals surface area contributed by atoms with Crippen LogP contribution in [0, 0.1) is 40.8 Å². The van der Waals surface area contributed by atoms with Crippen molar-refractivity contribution in [2.75, 3.05) is 21.1 Å². The van der Waals surface area contributed by atoms with E-state index >= 15 is 9.59 Å². The Morgan fingerprint density at radius 2 is 1.11 bits per heavy atom. The van der Waals surface area contributed by atoms with Gasteiger partial charge in [0.05, 0.1) is 6.07 Å². The van der Waals surface area contributed by atoms with Crippen molar-refractivity contribution in [3.63, 3.8) is 0 Å². The average Bonchev–Trinajstić information content (AvgIpc) is 3.64. The minimum atomic E-state index is -1.51. The van der Waals surface area contributed by atoms with E-state index in [2.05, 4.69) is 16.0 Å². The van der Waals surface area contributed by atoms with Crippen LogP contribution in [-0.2, 0) is 51.3 Å². The molecular formula is C53H75FN8O8. The Labute approximate surface area is 413 Å². The summed E-state index contributed by atoms with van der Waals surface area (Å²) in [5.41, 5.74) is 2.37. The molecule has 1 saturated heterocycles. The van der Waals surface area contributed by atoms with E-state index in [0.717, 1.165) is 21.4 Å². The first-order valence-electron chi connectivity index (χ1n) is 24.5. The molecule has 3 N–H and O–H groups in total. The smallest absolute Gasteiger partial charge is 0.329 e. The van der Waals surface area contributed by atoms with Crippen LogP contribution < -0.4 is 16.0 Å². The highest BCUT2D eigenvalue weighted by Gasteiger charge is 2.40. The number of fused-ring (bicyclic) bond motifs is 1. The fourth-order valence-electron chi connectivity index (χ4n) is 8.85. The summed E-state index contributed by atoms with van der Waals surface area (Å²) >= 11 is 0. The van der Waals surface area contributed by atoms with Crippen LogP contribution in [0.15, 0.2) is 54.7 Å². The van der Waals surface area contributed by atoms with Crippen molar-refractivity contribution in [1.29, 1.82) is 5.26 Å². The van der Waals surface area contributed by atoms with Crippen molar-refractivity contribution in [1.82, 2.24) is 35.2 Å². The number of carbonyl (C=O) groups is 7. The van der Waals surface area contributed by atoms with Gasteiger partial charge >= 0.3 is 5.97 Å². The van der Waals surface area contributed by atoms with Gasteiger partial charge in [-0.1, -0.05) is 85.7 Å². The molecule has 382 valence electrons. The zero-order chi connectivity index (χ0) is 52.1. The molecule has 0 aliphatic carbocycles. The summed E-state index contributed by atoms with van der Waals surface area (Å²) in [6.45, 7) is 16.9. The van der Waals surface area contributed by atoms with E-state index in [1.165, 1.54) is 50.0 Å². The second-order valence-corrected chi connectivity index (χ2v) is 20.5. The molecule has 0 radical (unpaired) electrons. The van der Waals surface area contributed by atoms with E-state index in [9.17, 15) is 33.6 Å². The first-order valence-corrected chi connectivity index (χ1v) is 24.5. The first-order chi connectivity index (χ1) is 32.9. The zero-order valence-electron chi connectivity index (χ0n) is 43.1. The lowest BCUT2D eigenvalue weighted by molar-refractivity contribution is -0.163. The maximum absolute atomic E-state index is 15.1. The van der Waals surface area contributed by atoms with E-state index in [-0.39, 0.29) is 74.4 Å². The lowest BCUT2D eigenvalue weighted by Gasteiger charge is -2.35. The third-order valence-electron chi connectivity index (χ3n) is 12.8. The second-order valence-electron chi connectivity index (χ2n) is 20.5. The van der Waals surface area contributed by atoms with Crippen molar-refractivity contribution in [2.45, 2.75) is 156 Å². The van der Waals surface area contributed by atoms with Gasteiger partial charge in [0.15, 0.2) is 6.10 Å². The third-order valence-corrected chi connectivity index (χ3v) is 12.8. The highest BCUT2D eigenvalue weighted by molar-refractivity contribution is 5.98. The number of likely N-dealkylation sites (N-methyl/N-ethyl adjacent to an activating group) is 3. The molecule has 0 bridgehead atoms. The Morgan fingerprint density at radius 3 is 1.63 bits per heavy atom. The molecule has 70 heavy (non-hydrogen) atoms. The van der Waals surface area contributed by atoms with Crippen molar-refractivity contribution in [3.8, 4) is 6.07 Å². The number of carbonyl (C=O) groups excluding carboxylic acids is 7. The Balaban J connectivity index is 1.92. The number of benzene rings is 2. The highest BCUT2D eigenvalue weighted by atomic mass is 19.1. The SMILES string of the molecule is CC(C)C[C@@H]1NC(=O)[C@H](Cc2cn(Cc3ccc(F)cc3)c3ccccc23)N(C)C(=O)[C@H](CC(C)C)NC(=O)[C@H](CC(C)C)N(C)C(=O)[C@H](CC(C)C)NC(=O)[C@@H](CCC#N)OC(=O)[C@H](C)N(C)C1=O. The molecule has 3 aromatic rings. The summed E-state index contributed by atoms with van der Waals surface area (Å²) < 4.78 is 21.6. The summed E-state index contributed by atoms with van der Waals surface area (Å²) in [5, 5.41) is 18.9. The molecule has 1 aliphatic rings. The number of nitrogens with zero attached hydrogens (tertiary/aromatic N) is 5. The summed E-state index contributed by atoms with van der Waals surface area (Å²) in [4.78, 5) is 105. The van der Waals surface area contributed by atoms with Crippen molar-refractivity contribution in [2.24, 2.45) is 23.7 Å². The van der Waals surface area contributed by atoms with Gasteiger partial charge in [-0.2, -0.15) is 5.26 Å². The molecule has 17 heteroatoms. The van der Waals surface area contributed by atoms with Gasteiger partial charge in [0.1, 0.15) is 42.1 Å². The van der Waals surface area contributed by atoms with Gasteiger partial charge in [0.25, 0.3) is 5.91 Å². The fraction of sp³-hybridized carbons (Fsp3) is 0.585. The molecule has 1 aliphatic heterocycles. The van der Waals surface area contributed by atoms with Crippen LogP contribution in [0.3, 0.4) is 0 Å². The van der Waals surface area contributed by atoms with Gasteiger partial charge in [0.2, 0.25) is 29.5 Å². The van der Waals surface area contributed by atoms with Crippen LogP contribution in [0.4, 0.5) is 4.39 Å². The van der Waals surface area contributed by atoms with Crippen molar-refractivity contribution < 1.29 is 42.7 Å². The summed E-state index contributed by atoms with van der Waals surface area (Å²) in [7, 11) is 4.35. The second kappa shape index (κ2) is 25.5. The topological polar surface area (TPSA) is 203 Å². The van der Waals surface area contributed by atoms with Crippen molar-refractivity contribution >= 4 is 52.3 Å². The number of para-hydroxylation sites is 1. The van der Waals surface area contributed by atoms with E-state index in [4.69, 9.17) is 4.74 Å². The van der Waals surface area contributed by atoms with Crippen LogP contribution >= 0.6 is 0 Å². The number of ether oxygens (including phenoxy) is 1. The Bertz CT molecular complexity index is 2360. The molecule has 6 amide bonds. The summed E-state index contributed by atoms with van der Waals surface area (Å²) in [6, 6.07) is 8.58. The predicted molar refractivity (Wildman–Crippen MR) is 265 cm³/mol. The van der Waals surface area contributed by atoms with E-state index in [0.29, 0.717) is 12.1 Å². The maximum atomic E-state index is 15.1. The molecule has 0 unspecified atom stereocenters. The number of hydrogen-bond acceptors (Lipinski definition) is 9. The van der Waals surface area contributed by atoms with Gasteiger partial charge < -0.3 is 40.0 Å². The van der Waals surface area contributed by atoms with Gasteiger partial charge in [-0.15, -0.1) is 0 Å². The average molecular weight is 971 g/mol. The van der Waals surface area contributed by atoms with Gasteiger partial charge in [-0.25, -0.2) is 9.18 Å². The maximum Gasteiger partial charge on any atom is 0.329 e. The van der Waals surface area contributed by atoms with Crippen LogP contribution in [0.25, 0.3) is 10.9 Å². The van der Waals surface area contributed by atoms with Crippen molar-refractivity contribution in [3.05, 3.63) is 71.7 Å². The van der Waals surface area contributed by atoms with Crippen LogP contribution in [0.1, 0.15) is 112 Å². The molecular weight excluding hydrogens is 896 g/mol. The normalized spacial score (nSPS) is 23.2. The van der Waals surface area contributed by atoms with Gasteiger partial charge in [0, 0.05) is 64.1 Å². The standard InChI is InChI=1S/C53H75FN8O8/c1-31(2)24-40-50(66)59(10)35(9)53(69)70-46(18-15-23-55)49(65)58-42(26-33(5)6)52(68)60(11)44(27-34(7)8)47(63)57-41(25-32(3)4)51(67)61(12)45(48(64)56-40)28-37-30-62(43-17-14-13-16-39(37)43)29-36-19-21-38(54)22-20-36/h13-14,16-17,19-22,30-35,40-42,44-46H,15,18,24-29H2,1-12H3,(H,56,64)(H,57,63)(H,58,65)/t35-,40-,41-,42-,44-,45-,46+/m0/s1. The van der Waals surface area contributed by atoms with E-state index < -0.39 is 83.8 Å². The molecule has 0 spiro atoms. The predicted octanol–water partition coefficient (Wildman–Crippen LogP) is 5.74. The number of hydrogen-bond donors (Lipinski definition) is 3. The minimum Gasteiger partial charge on any atom is -0.451 e. The number of nitriles is 1. The number of aromatic nitrogens is 1. The lowest BCUT2D eigenvalue weighted by Crippen LogP contribution is -2.60. The van der Waals surface area contributed by atoms with Crippen LogP contribution in [-0.4, -0.2) is 124 Å². The summed E-state index contributed by atoms with van der Waals surface area (Å²) in [6.07, 6.45) is 0.655. The third kappa shape index (κ3) is 15.1. The molecule has 4 rings (SSSR count). The van der Waals surface area contributed by atoms with Crippen LogP contribution in [0.5, 0.6) is 0 Å². The Hall–Kier alpha value is -6.31. The highest BCUT2D eigenvalue weighted by Crippen LogP contribution is 2.26. The summed E-state index contributed by atoms with van der Waals surface area (Å²) in [5.74, 6) is -5.69. The molecule has 7 atom stereocenters. The first kappa shape index (κ1) is 56.3. The number of rotatable bonds is 14. The number of amides is 6. The minimum absolute atomic E-state index is 0.0237. The lowest BCUT2D eigenvalue weighted by atomic mass is 9.96. The molecule has 2 aromatic carbocycles. The molecule has 1 aromatic heterocycles. The van der Waals surface area contributed by atoms with E-state index in [1.807, 2.05) is 96.5 Å². The van der Waals surface area contributed by atoms with Gasteiger partial charge in [-0.3, -0.25) is 28.8 Å².